The van der Waals surface area contributed by atoms with Crippen molar-refractivity contribution in [2.24, 2.45) is 11.8 Å². The molecule has 0 aliphatic heterocycles. The standard InChI is InChI=1S/C27H42F2O5P2/c1-2-3-17-27(28,29)25(30)16-15-22-21(23(33-35)18-24(22)34-36)13-9-4-5-10-14-26(31)32-19-20-11-7-6-8-12-20/h6-8,11-12,15-16,21-25,30H,2-5,9-10,13-14,17-19,35-36H2,1H3/b16-15+/t21?,22-,23+,24-,25?/m1/s1/i35T,36T/t21?,22-,23+,24-,25?,35?,36?. The van der Waals surface area contributed by atoms with Crippen molar-refractivity contribution in [1.29, 1.82) is 2.56 Å². The Labute approximate surface area is 221 Å². The van der Waals surface area contributed by atoms with Gasteiger partial charge in [0.2, 0.25) is 0 Å². The molecule has 1 N–H and O–H groups in total. The smallest absolute Gasteiger partial charge is 0.306 e. The quantitative estimate of drug-likeness (QED) is 0.0889. The molecule has 2 rings (SSSR count). The van der Waals surface area contributed by atoms with E-state index in [1.165, 1.54) is 6.08 Å². The third-order valence-electron chi connectivity index (χ3n) is 6.89. The summed E-state index contributed by atoms with van der Waals surface area (Å²) in [6.07, 6.45) is 5.76. The van der Waals surface area contributed by atoms with Crippen LogP contribution in [-0.2, 0) is 25.2 Å². The molecule has 1 aromatic carbocycles. The van der Waals surface area contributed by atoms with E-state index in [0.29, 0.717) is 25.7 Å². The van der Waals surface area contributed by atoms with Crippen LogP contribution in [-0.4, -0.2) is 37.9 Å². The van der Waals surface area contributed by atoms with Crippen molar-refractivity contribution in [1.82, 2.24) is 0 Å². The number of hydrogen-bond donors (Lipinski definition) is 1. The normalized spacial score (nSPS) is 24.7. The Balaban J connectivity index is 1.85. The van der Waals surface area contributed by atoms with Crippen LogP contribution in [0.5, 0.6) is 0 Å². The molecule has 0 aromatic heterocycles. The predicted octanol–water partition coefficient (Wildman–Crippen LogP) is 6.80. The van der Waals surface area contributed by atoms with E-state index in [9.17, 15) is 18.7 Å². The molecular weight excluding hydrogens is 504 g/mol. The minimum atomic E-state index is -3.20. The fourth-order valence-corrected chi connectivity index (χ4v) is 5.26. The molecule has 0 bridgehead atoms. The summed E-state index contributed by atoms with van der Waals surface area (Å²) in [5.74, 6) is -3.75. The summed E-state index contributed by atoms with van der Waals surface area (Å²) in [7, 11) is -0.958. The summed E-state index contributed by atoms with van der Waals surface area (Å²) in [5.41, 5.74) is 0.955. The minimum absolute atomic E-state index is 0.0576. The second-order valence-electron chi connectivity index (χ2n) is 9.58. The van der Waals surface area contributed by atoms with Crippen LogP contribution < -0.4 is 0 Å². The molecule has 36 heavy (non-hydrogen) atoms. The molecule has 0 heterocycles. The van der Waals surface area contributed by atoms with Gasteiger partial charge in [0, 0.05) is 44.0 Å². The maximum Gasteiger partial charge on any atom is 0.306 e. The SMILES string of the molecule is [3H]PO[C@H]1C[C@@H](OP[3H])[C@H](/C=C/C(O)C(F)(F)CCCC)C1CCCCCCC(=O)OCc1ccccc1. The summed E-state index contributed by atoms with van der Waals surface area (Å²) in [6.45, 7) is 2.10. The summed E-state index contributed by atoms with van der Waals surface area (Å²) in [4.78, 5) is 12.0. The van der Waals surface area contributed by atoms with Crippen LogP contribution in [0.15, 0.2) is 42.5 Å². The highest BCUT2D eigenvalue weighted by atomic mass is 31.0. The van der Waals surface area contributed by atoms with E-state index in [-0.39, 0.29) is 43.0 Å². The molecule has 1 fully saturated rings. The van der Waals surface area contributed by atoms with Gasteiger partial charge in [-0.1, -0.05) is 75.1 Å². The summed E-state index contributed by atoms with van der Waals surface area (Å²) in [5, 5.41) is 10.1. The van der Waals surface area contributed by atoms with Gasteiger partial charge in [0.1, 0.15) is 12.7 Å². The van der Waals surface area contributed by atoms with Gasteiger partial charge in [-0.15, -0.1) is 0 Å². The van der Waals surface area contributed by atoms with Crippen LogP contribution in [0.3, 0.4) is 0 Å². The Hall–Kier alpha value is -0.970. The summed E-state index contributed by atoms with van der Waals surface area (Å²) >= 11 is 0. The van der Waals surface area contributed by atoms with Gasteiger partial charge in [0.05, 0.1) is 14.8 Å². The molecule has 0 radical (unpaired) electrons. The second kappa shape index (κ2) is 16.8. The van der Waals surface area contributed by atoms with Gasteiger partial charge >= 0.3 is 5.97 Å². The number of aliphatic hydroxyl groups excluding tert-OH is 1. The van der Waals surface area contributed by atoms with Crippen LogP contribution in [0.1, 0.15) is 76.7 Å². The van der Waals surface area contributed by atoms with Gasteiger partial charge in [-0.3, -0.25) is 4.79 Å². The molecule has 1 aliphatic carbocycles. The van der Waals surface area contributed by atoms with Crippen molar-refractivity contribution in [2.75, 3.05) is 0 Å². The number of carbonyl (C=O) groups is 1. The van der Waals surface area contributed by atoms with Crippen LogP contribution in [0.4, 0.5) is 8.78 Å². The lowest BCUT2D eigenvalue weighted by molar-refractivity contribution is -0.145. The number of aliphatic hydroxyl groups is 1. The zero-order valence-electron chi connectivity index (χ0n) is 23.0. The van der Waals surface area contributed by atoms with E-state index >= 15 is 0 Å². The van der Waals surface area contributed by atoms with Crippen molar-refractivity contribution >= 4 is 24.8 Å². The number of carbonyl (C=O) groups excluding carboxylic acids is 1. The first-order chi connectivity index (χ1) is 18.3. The van der Waals surface area contributed by atoms with Gasteiger partial charge in [-0.2, -0.15) is 0 Å². The van der Waals surface area contributed by atoms with E-state index in [0.717, 1.165) is 37.7 Å². The van der Waals surface area contributed by atoms with E-state index < -0.39 is 30.9 Å². The Morgan fingerprint density at radius 1 is 1.17 bits per heavy atom. The highest BCUT2D eigenvalue weighted by Gasteiger charge is 2.43. The zero-order valence-corrected chi connectivity index (χ0v) is 23.0. The van der Waals surface area contributed by atoms with Crippen molar-refractivity contribution in [3.63, 3.8) is 0 Å². The lowest BCUT2D eigenvalue weighted by Gasteiger charge is -2.25. The highest BCUT2D eigenvalue weighted by Crippen LogP contribution is 2.42. The van der Waals surface area contributed by atoms with Gasteiger partial charge in [-0.05, 0) is 30.7 Å². The first-order valence-corrected chi connectivity index (χ1v) is 13.7. The van der Waals surface area contributed by atoms with Crippen molar-refractivity contribution in [2.45, 2.75) is 102 Å². The van der Waals surface area contributed by atoms with Crippen LogP contribution in [0.2, 0.25) is 0 Å². The Morgan fingerprint density at radius 2 is 1.89 bits per heavy atom. The van der Waals surface area contributed by atoms with Crippen molar-refractivity contribution in [3.8, 4) is 0 Å². The predicted molar refractivity (Wildman–Crippen MR) is 144 cm³/mol. The molecule has 1 aliphatic rings. The van der Waals surface area contributed by atoms with Crippen LogP contribution >= 0.6 is 18.8 Å². The first-order valence-electron chi connectivity index (χ1n) is 13.9. The summed E-state index contributed by atoms with van der Waals surface area (Å²) < 4.78 is 60.2. The number of unbranched alkanes of at least 4 members (excludes halogenated alkanes) is 4. The maximum absolute atomic E-state index is 14.3. The van der Waals surface area contributed by atoms with E-state index in [1.807, 2.05) is 37.3 Å². The minimum Gasteiger partial charge on any atom is -0.461 e. The average molecular weight is 551 g/mol. The Kier molecular flexibility index (Phi) is 13.1. The maximum atomic E-state index is 14.3. The summed E-state index contributed by atoms with van der Waals surface area (Å²) in [6, 6.07) is 9.54. The van der Waals surface area contributed by atoms with Gasteiger partial charge < -0.3 is 18.9 Å². The Morgan fingerprint density at radius 3 is 2.61 bits per heavy atom. The monoisotopic (exact) mass is 550 g/mol. The zero-order chi connectivity index (χ0) is 27.8. The molecule has 0 saturated heterocycles. The largest absolute Gasteiger partial charge is 0.461 e. The molecule has 1 saturated carbocycles. The third kappa shape index (κ3) is 10.4. The molecule has 9 heteroatoms. The van der Waals surface area contributed by atoms with Crippen molar-refractivity contribution < 1.29 is 32.5 Å². The lowest BCUT2D eigenvalue weighted by atomic mass is 9.87. The molecule has 1 aromatic rings. The highest BCUT2D eigenvalue weighted by molar-refractivity contribution is 7.10. The number of halogens is 2. The van der Waals surface area contributed by atoms with Gasteiger partial charge in [0.15, 0.2) is 0 Å². The second-order valence-corrected chi connectivity index (χ2v) is 10.1. The van der Waals surface area contributed by atoms with E-state index in [1.54, 1.807) is 6.08 Å². The van der Waals surface area contributed by atoms with Crippen LogP contribution in [0, 0.1) is 11.8 Å². The number of hydrogen-bond acceptors (Lipinski definition) is 5. The van der Waals surface area contributed by atoms with E-state index in [4.69, 9.17) is 16.3 Å². The molecule has 0 amide bonds. The van der Waals surface area contributed by atoms with Gasteiger partial charge in [0.25, 0.3) is 5.92 Å². The number of benzene rings is 1. The number of esters is 1. The topological polar surface area (TPSA) is 65.0 Å². The average Bonchev–Trinajstić information content (AvgIpc) is 3.23. The molecule has 0 spiro atoms. The molecule has 5 nitrogen and oxygen atoms in total. The van der Waals surface area contributed by atoms with E-state index in [2.05, 4.69) is 0 Å². The lowest BCUT2D eigenvalue weighted by Crippen LogP contribution is -2.32. The number of rotatable bonds is 19. The molecule has 204 valence electrons. The van der Waals surface area contributed by atoms with Crippen molar-refractivity contribution in [3.05, 3.63) is 48.0 Å². The third-order valence-corrected chi connectivity index (χ3v) is 7.50. The number of ether oxygens (including phenoxy) is 1. The first kappa shape index (κ1) is 28.0. The number of alkyl halides is 2. The fraction of sp³-hybridized carbons (Fsp3) is 0.667. The van der Waals surface area contributed by atoms with Crippen LogP contribution in [0.25, 0.3) is 0 Å². The molecular formula is C27H42F2O5P2. The molecule has 4 unspecified atom stereocenters. The van der Waals surface area contributed by atoms with Gasteiger partial charge in [-0.25, -0.2) is 8.78 Å². The molecule has 7 atom stereocenters. The fourth-order valence-electron chi connectivity index (χ4n) is 4.74. The Bertz CT molecular complexity index is 822.